The second-order valence-electron chi connectivity index (χ2n) is 12.2. The molecule has 3 aromatic carbocycles. The monoisotopic (exact) mass is 663 g/mol. The highest BCUT2D eigenvalue weighted by Gasteiger charge is 2.39. The van der Waals surface area contributed by atoms with E-state index in [2.05, 4.69) is 110 Å². The third kappa shape index (κ3) is 9.05. The van der Waals surface area contributed by atoms with Crippen LogP contribution in [0.1, 0.15) is 66.2 Å². The summed E-state index contributed by atoms with van der Waals surface area (Å²) in [6.45, 7) is 19.5. The summed E-state index contributed by atoms with van der Waals surface area (Å²) in [4.78, 5) is 5.23. The molecule has 1 N–H and O–H groups in total. The van der Waals surface area contributed by atoms with Gasteiger partial charge in [0, 0.05) is 63.5 Å². The van der Waals surface area contributed by atoms with Gasteiger partial charge in [-0.15, -0.1) is 37.2 Å². The van der Waals surface area contributed by atoms with E-state index in [9.17, 15) is 0 Å². The number of fused-ring (bicyclic) bond motifs is 1. The summed E-state index contributed by atoms with van der Waals surface area (Å²) < 4.78 is 13.2. The smallest absolute Gasteiger partial charge is 0.127 e. The van der Waals surface area contributed by atoms with Gasteiger partial charge in [-0.1, -0.05) is 60.7 Å². The van der Waals surface area contributed by atoms with Crippen molar-refractivity contribution in [1.82, 2.24) is 9.80 Å². The van der Waals surface area contributed by atoms with Crippen LogP contribution in [0.3, 0.4) is 0 Å². The number of piperazine rings is 1. The Morgan fingerprint density at radius 3 is 1.93 bits per heavy atom. The Labute approximate surface area is 284 Å². The molecule has 244 valence electrons. The molecule has 0 amide bonds. The number of hydrogen-bond acceptors (Lipinski definition) is 5. The number of ether oxygens (including phenoxy) is 2. The van der Waals surface area contributed by atoms with E-state index in [0.29, 0.717) is 0 Å². The Kier molecular flexibility index (Phi) is 15.3. The average molecular weight is 665 g/mol. The molecule has 0 aliphatic carbocycles. The summed E-state index contributed by atoms with van der Waals surface area (Å²) in [5.74, 6) is 1.13. The van der Waals surface area contributed by atoms with Gasteiger partial charge >= 0.3 is 0 Å². The maximum atomic E-state index is 6.73. The number of hydrogen-bond donors (Lipinski definition) is 1. The van der Waals surface area contributed by atoms with Crippen molar-refractivity contribution in [3.63, 3.8) is 0 Å². The molecule has 3 aromatic rings. The fourth-order valence-electron chi connectivity index (χ4n) is 6.65. The molecule has 0 bridgehead atoms. The first-order valence-corrected chi connectivity index (χ1v) is 15.6. The minimum absolute atomic E-state index is 0. The molecule has 0 saturated carbocycles. The van der Waals surface area contributed by atoms with Gasteiger partial charge < -0.3 is 19.7 Å². The lowest BCUT2D eigenvalue weighted by Gasteiger charge is -2.38. The van der Waals surface area contributed by atoms with Crippen molar-refractivity contribution in [2.45, 2.75) is 65.6 Å². The number of benzene rings is 3. The highest BCUT2D eigenvalue weighted by molar-refractivity contribution is 5.86. The molecule has 1 fully saturated rings. The van der Waals surface area contributed by atoms with Gasteiger partial charge in [0.15, 0.2) is 0 Å². The van der Waals surface area contributed by atoms with Crippen LogP contribution in [-0.4, -0.2) is 67.8 Å². The van der Waals surface area contributed by atoms with Crippen molar-refractivity contribution in [1.29, 1.82) is 0 Å². The molecule has 2 heterocycles. The second kappa shape index (κ2) is 17.6. The predicted octanol–water partition coefficient (Wildman–Crippen LogP) is 8.21. The van der Waals surface area contributed by atoms with E-state index in [1.807, 2.05) is 0 Å². The molecule has 5 nitrogen and oxygen atoms in total. The topological polar surface area (TPSA) is 37.0 Å². The summed E-state index contributed by atoms with van der Waals surface area (Å²) in [5.41, 5.74) is 8.94. The van der Waals surface area contributed by atoms with Gasteiger partial charge in [-0.05, 0) is 81.8 Å². The first-order valence-electron chi connectivity index (χ1n) is 15.6. The first kappa shape index (κ1) is 38.2. The van der Waals surface area contributed by atoms with Crippen LogP contribution in [0.4, 0.5) is 5.69 Å². The summed E-state index contributed by atoms with van der Waals surface area (Å²) in [5, 5.41) is 3.59. The number of anilines is 1. The molecule has 0 spiro atoms. The number of rotatable bonds is 12. The van der Waals surface area contributed by atoms with Crippen molar-refractivity contribution < 1.29 is 9.47 Å². The summed E-state index contributed by atoms with van der Waals surface area (Å²) in [7, 11) is 0. The zero-order valence-corrected chi connectivity index (χ0v) is 29.5. The minimum Gasteiger partial charge on any atom is -0.485 e. The van der Waals surface area contributed by atoms with Gasteiger partial charge in [0.05, 0.1) is 0 Å². The maximum Gasteiger partial charge on any atom is 0.127 e. The summed E-state index contributed by atoms with van der Waals surface area (Å²) >= 11 is 0. The molecule has 0 aromatic heterocycles. The second-order valence-corrected chi connectivity index (χ2v) is 12.2. The molecular weight excluding hydrogens is 613 g/mol. The highest BCUT2D eigenvalue weighted by atomic mass is 35.5. The van der Waals surface area contributed by atoms with E-state index < -0.39 is 0 Å². The molecular formula is C36H52Cl3N3O2. The Morgan fingerprint density at radius 1 is 0.795 bits per heavy atom. The third-order valence-electron chi connectivity index (χ3n) is 9.01. The molecule has 8 heteroatoms. The van der Waals surface area contributed by atoms with Gasteiger partial charge in [0.25, 0.3) is 0 Å². The van der Waals surface area contributed by atoms with Crippen molar-refractivity contribution in [3.8, 4) is 5.75 Å². The van der Waals surface area contributed by atoms with Crippen molar-refractivity contribution in [2.75, 3.05) is 57.7 Å². The quantitative estimate of drug-likeness (QED) is 0.198. The highest BCUT2D eigenvalue weighted by Crippen LogP contribution is 2.44. The fraction of sp³-hybridized carbons (Fsp3) is 0.500. The molecule has 2 aliphatic rings. The van der Waals surface area contributed by atoms with Crippen LogP contribution in [0.25, 0.3) is 0 Å². The van der Waals surface area contributed by atoms with E-state index >= 15 is 0 Å². The third-order valence-corrected chi connectivity index (χ3v) is 9.01. The number of nitrogens with one attached hydrogen (secondary N) is 1. The zero-order chi connectivity index (χ0) is 28.8. The van der Waals surface area contributed by atoms with E-state index in [1.54, 1.807) is 0 Å². The van der Waals surface area contributed by atoms with Crippen molar-refractivity contribution >= 4 is 42.9 Å². The maximum absolute atomic E-state index is 6.73. The predicted molar refractivity (Wildman–Crippen MR) is 192 cm³/mol. The molecule has 44 heavy (non-hydrogen) atoms. The fourth-order valence-corrected chi connectivity index (χ4v) is 6.65. The van der Waals surface area contributed by atoms with Crippen molar-refractivity contribution in [2.24, 2.45) is 0 Å². The lowest BCUT2D eigenvalue weighted by Crippen LogP contribution is -2.52. The van der Waals surface area contributed by atoms with Crippen LogP contribution in [0.5, 0.6) is 5.75 Å². The Balaban J connectivity index is 0.00000225. The first-order chi connectivity index (χ1) is 19.9. The van der Waals surface area contributed by atoms with Gasteiger partial charge in [0.1, 0.15) is 17.5 Å². The van der Waals surface area contributed by atoms with Crippen molar-refractivity contribution in [3.05, 3.63) is 94.0 Å². The van der Waals surface area contributed by atoms with Gasteiger partial charge in [-0.25, -0.2) is 0 Å². The lowest BCUT2D eigenvalue weighted by atomic mass is 9.91. The van der Waals surface area contributed by atoms with Gasteiger partial charge in [-0.2, -0.15) is 0 Å². The Bertz CT molecular complexity index is 1250. The number of halogens is 3. The zero-order valence-electron chi connectivity index (χ0n) is 27.1. The standard InChI is InChI=1S/C36H49N3O2.3ClH/c1-6-37-33-27(2)28(3)34-32(29(33)4)25-36(5,41-34)26-39-22-20-38(21-23-39)19-13-14-24-40-35(30-15-9-7-10-16-30)31-17-11-8-12-18-31;;;/h7-12,15-18,35,37H,6,13-14,19-26H2,1-5H3;3*1H. The number of unbranched alkanes of at least 4 members (excludes halogenated alkanes) is 1. The molecule has 1 unspecified atom stereocenters. The number of nitrogens with zero attached hydrogens (tertiary/aromatic N) is 2. The summed E-state index contributed by atoms with van der Waals surface area (Å²) in [6, 6.07) is 21.2. The largest absolute Gasteiger partial charge is 0.485 e. The normalized spacial score (nSPS) is 18.0. The SMILES string of the molecule is CCNc1c(C)c(C)c2c(c1C)CC(C)(CN1CCN(CCCCOC(c3ccccc3)c3ccccc3)CC1)O2.Cl.Cl.Cl. The van der Waals surface area contributed by atoms with E-state index in [4.69, 9.17) is 9.47 Å². The molecule has 2 aliphatic heterocycles. The van der Waals surface area contributed by atoms with E-state index in [0.717, 1.165) is 71.0 Å². The van der Waals surface area contributed by atoms with Crippen LogP contribution in [0, 0.1) is 20.8 Å². The van der Waals surface area contributed by atoms with Crippen LogP contribution in [-0.2, 0) is 11.2 Å². The van der Waals surface area contributed by atoms with Crippen LogP contribution in [0.2, 0.25) is 0 Å². The lowest BCUT2D eigenvalue weighted by molar-refractivity contribution is 0.0361. The van der Waals surface area contributed by atoms with Crippen LogP contribution < -0.4 is 10.1 Å². The van der Waals surface area contributed by atoms with E-state index in [-0.39, 0.29) is 48.9 Å². The Hall–Kier alpha value is -1.99. The minimum atomic E-state index is -0.164. The molecule has 1 atom stereocenters. The van der Waals surface area contributed by atoms with E-state index in [1.165, 1.54) is 45.5 Å². The Morgan fingerprint density at radius 2 is 1.36 bits per heavy atom. The average Bonchev–Trinajstić information content (AvgIpc) is 3.35. The summed E-state index contributed by atoms with van der Waals surface area (Å²) in [6.07, 6.45) is 3.23. The van der Waals surface area contributed by atoms with Crippen LogP contribution in [0.15, 0.2) is 60.7 Å². The molecule has 1 saturated heterocycles. The molecule has 5 rings (SSSR count). The molecule has 0 radical (unpaired) electrons. The van der Waals surface area contributed by atoms with Gasteiger partial charge in [-0.3, -0.25) is 4.90 Å². The van der Waals surface area contributed by atoms with Gasteiger partial charge in [0.2, 0.25) is 0 Å². The van der Waals surface area contributed by atoms with Crippen LogP contribution >= 0.6 is 37.2 Å².